The molecule has 17 heavy (non-hydrogen) atoms. The normalized spacial score (nSPS) is 13.0. The van der Waals surface area contributed by atoms with E-state index in [1.54, 1.807) is 6.92 Å². The highest BCUT2D eigenvalue weighted by molar-refractivity contribution is 7.89. The van der Waals surface area contributed by atoms with E-state index in [4.69, 9.17) is 10.00 Å². The van der Waals surface area contributed by atoms with Crippen molar-refractivity contribution in [2.24, 2.45) is 0 Å². The topological polar surface area (TPSA) is 79.2 Å². The van der Waals surface area contributed by atoms with Crippen LogP contribution < -0.4 is 4.72 Å². The fourth-order valence-electron chi connectivity index (χ4n) is 1.33. The van der Waals surface area contributed by atoms with Gasteiger partial charge in [-0.2, -0.15) is 5.26 Å². The Balaban J connectivity index is 2.86. The molecule has 5 nitrogen and oxygen atoms in total. The van der Waals surface area contributed by atoms with E-state index in [9.17, 15) is 8.42 Å². The Bertz CT molecular complexity index is 503. The van der Waals surface area contributed by atoms with Crippen molar-refractivity contribution in [1.82, 2.24) is 4.72 Å². The molecule has 0 heterocycles. The average Bonchev–Trinajstić information content (AvgIpc) is 2.28. The fourth-order valence-corrected chi connectivity index (χ4v) is 2.55. The predicted molar refractivity (Wildman–Crippen MR) is 62.8 cm³/mol. The summed E-state index contributed by atoms with van der Waals surface area (Å²) in [5, 5.41) is 8.62. The van der Waals surface area contributed by atoms with Crippen molar-refractivity contribution in [3.8, 4) is 6.07 Å². The van der Waals surface area contributed by atoms with Gasteiger partial charge in [0.2, 0.25) is 10.0 Å². The maximum absolute atomic E-state index is 11.9. The number of benzene rings is 1. The zero-order chi connectivity index (χ0) is 12.9. The third-order valence-electron chi connectivity index (χ3n) is 2.07. The van der Waals surface area contributed by atoms with Gasteiger partial charge in [0.25, 0.3) is 0 Å². The van der Waals surface area contributed by atoms with E-state index in [1.165, 1.54) is 31.4 Å². The van der Waals surface area contributed by atoms with Crippen molar-refractivity contribution >= 4 is 10.0 Å². The summed E-state index contributed by atoms with van der Waals surface area (Å²) < 4.78 is 31.1. The van der Waals surface area contributed by atoms with E-state index in [0.29, 0.717) is 12.2 Å². The van der Waals surface area contributed by atoms with Gasteiger partial charge in [-0.05, 0) is 31.2 Å². The Hall–Kier alpha value is -1.42. The van der Waals surface area contributed by atoms with Crippen LogP contribution in [-0.2, 0) is 14.8 Å². The van der Waals surface area contributed by atoms with E-state index in [-0.39, 0.29) is 10.9 Å². The zero-order valence-corrected chi connectivity index (χ0v) is 10.5. The molecule has 0 amide bonds. The molecule has 0 spiro atoms. The van der Waals surface area contributed by atoms with Crippen LogP contribution in [0.3, 0.4) is 0 Å². The first-order chi connectivity index (χ1) is 7.99. The second-order valence-corrected chi connectivity index (χ2v) is 5.33. The quantitative estimate of drug-likeness (QED) is 0.845. The van der Waals surface area contributed by atoms with Gasteiger partial charge in [0.05, 0.1) is 23.1 Å². The van der Waals surface area contributed by atoms with Crippen molar-refractivity contribution in [2.45, 2.75) is 17.9 Å². The van der Waals surface area contributed by atoms with Crippen molar-refractivity contribution in [1.29, 1.82) is 5.26 Å². The molecule has 0 saturated carbocycles. The molecule has 0 aromatic heterocycles. The van der Waals surface area contributed by atoms with Crippen LogP contribution in [0.15, 0.2) is 29.2 Å². The van der Waals surface area contributed by atoms with Gasteiger partial charge in [0.15, 0.2) is 0 Å². The number of sulfonamides is 1. The average molecular weight is 254 g/mol. The van der Waals surface area contributed by atoms with Crippen LogP contribution in [0.1, 0.15) is 12.5 Å². The van der Waals surface area contributed by atoms with Crippen molar-refractivity contribution in [3.63, 3.8) is 0 Å². The van der Waals surface area contributed by atoms with Gasteiger partial charge in [0.1, 0.15) is 0 Å². The Kier molecular flexibility index (Phi) is 4.63. The molecule has 0 aliphatic carbocycles. The minimum atomic E-state index is -3.55. The van der Waals surface area contributed by atoms with E-state index < -0.39 is 10.0 Å². The molecule has 0 unspecified atom stereocenters. The molecule has 0 aliphatic rings. The highest BCUT2D eigenvalue weighted by Gasteiger charge is 2.16. The largest absolute Gasteiger partial charge is 0.383 e. The SMILES string of the molecule is COC[C@H](C)NS(=O)(=O)c1ccc(C#N)cc1. The fraction of sp³-hybridized carbons (Fsp3) is 0.364. The number of ether oxygens (including phenoxy) is 1. The van der Waals surface area contributed by atoms with Gasteiger partial charge in [-0.25, -0.2) is 13.1 Å². The number of methoxy groups -OCH3 is 1. The third kappa shape index (κ3) is 3.82. The lowest BCUT2D eigenvalue weighted by molar-refractivity contribution is 0.180. The highest BCUT2D eigenvalue weighted by atomic mass is 32.2. The molecule has 6 heteroatoms. The lowest BCUT2D eigenvalue weighted by atomic mass is 10.2. The number of hydrogen-bond donors (Lipinski definition) is 1. The van der Waals surface area contributed by atoms with Gasteiger partial charge in [-0.3, -0.25) is 0 Å². The van der Waals surface area contributed by atoms with Crippen LogP contribution in [0.25, 0.3) is 0 Å². The molecule has 1 aromatic rings. The monoisotopic (exact) mass is 254 g/mol. The molecule has 0 fully saturated rings. The number of nitrogens with zero attached hydrogens (tertiary/aromatic N) is 1. The van der Waals surface area contributed by atoms with Gasteiger partial charge < -0.3 is 4.74 Å². The van der Waals surface area contributed by atoms with Crippen LogP contribution in [0.5, 0.6) is 0 Å². The minimum absolute atomic E-state index is 0.138. The van der Waals surface area contributed by atoms with E-state index in [0.717, 1.165) is 0 Å². The number of hydrogen-bond acceptors (Lipinski definition) is 4. The van der Waals surface area contributed by atoms with Gasteiger partial charge >= 0.3 is 0 Å². The molecule has 0 bridgehead atoms. The van der Waals surface area contributed by atoms with Crippen molar-refractivity contribution < 1.29 is 13.2 Å². The number of rotatable bonds is 5. The summed E-state index contributed by atoms with van der Waals surface area (Å²) in [6.07, 6.45) is 0. The molecule has 0 aliphatic heterocycles. The first-order valence-corrected chi connectivity index (χ1v) is 6.49. The van der Waals surface area contributed by atoms with Gasteiger partial charge in [0, 0.05) is 13.2 Å². The summed E-state index contributed by atoms with van der Waals surface area (Å²) in [5.41, 5.74) is 0.425. The Labute approximate surface area is 101 Å². The van der Waals surface area contributed by atoms with E-state index in [2.05, 4.69) is 4.72 Å². The first-order valence-electron chi connectivity index (χ1n) is 5.01. The van der Waals surface area contributed by atoms with E-state index >= 15 is 0 Å². The summed E-state index contributed by atoms with van der Waals surface area (Å²) in [6.45, 7) is 2.01. The smallest absolute Gasteiger partial charge is 0.240 e. The second kappa shape index (κ2) is 5.77. The maximum Gasteiger partial charge on any atom is 0.240 e. The van der Waals surface area contributed by atoms with Crippen LogP contribution in [0, 0.1) is 11.3 Å². The van der Waals surface area contributed by atoms with Crippen LogP contribution >= 0.6 is 0 Å². The lowest BCUT2D eigenvalue weighted by Crippen LogP contribution is -2.35. The molecule has 1 aromatic carbocycles. The summed E-state index contributed by atoms with van der Waals surface area (Å²) >= 11 is 0. The van der Waals surface area contributed by atoms with Gasteiger partial charge in [-0.1, -0.05) is 0 Å². The van der Waals surface area contributed by atoms with Crippen LogP contribution in [0.2, 0.25) is 0 Å². The third-order valence-corrected chi connectivity index (χ3v) is 3.67. The molecule has 1 atom stereocenters. The van der Waals surface area contributed by atoms with E-state index in [1.807, 2.05) is 6.07 Å². The van der Waals surface area contributed by atoms with Crippen LogP contribution in [0.4, 0.5) is 0 Å². The molecular formula is C11H14N2O3S. The Morgan fingerprint density at radius 2 is 2.00 bits per heavy atom. The highest BCUT2D eigenvalue weighted by Crippen LogP contribution is 2.10. The standard InChI is InChI=1S/C11H14N2O3S/c1-9(8-16-2)13-17(14,15)11-5-3-10(7-12)4-6-11/h3-6,9,13H,8H2,1-2H3/t9-/m0/s1. The molecule has 92 valence electrons. The van der Waals surface area contributed by atoms with Crippen molar-refractivity contribution in [2.75, 3.05) is 13.7 Å². The first kappa shape index (κ1) is 13.6. The van der Waals surface area contributed by atoms with Crippen molar-refractivity contribution in [3.05, 3.63) is 29.8 Å². The summed E-state index contributed by atoms with van der Waals surface area (Å²) in [5.74, 6) is 0. The lowest BCUT2D eigenvalue weighted by Gasteiger charge is -2.13. The summed E-state index contributed by atoms with van der Waals surface area (Å²) in [4.78, 5) is 0.138. The summed E-state index contributed by atoms with van der Waals surface area (Å²) in [7, 11) is -2.04. The Morgan fingerprint density at radius 1 is 1.41 bits per heavy atom. The number of nitriles is 1. The second-order valence-electron chi connectivity index (χ2n) is 3.61. The summed E-state index contributed by atoms with van der Waals surface area (Å²) in [6, 6.07) is 7.37. The zero-order valence-electron chi connectivity index (χ0n) is 9.67. The number of nitrogens with one attached hydrogen (secondary N) is 1. The Morgan fingerprint density at radius 3 is 2.47 bits per heavy atom. The molecular weight excluding hydrogens is 240 g/mol. The molecule has 1 rings (SSSR count). The maximum atomic E-state index is 11.9. The molecule has 1 N–H and O–H groups in total. The minimum Gasteiger partial charge on any atom is -0.383 e. The molecule has 0 radical (unpaired) electrons. The van der Waals surface area contributed by atoms with Gasteiger partial charge in [-0.15, -0.1) is 0 Å². The predicted octanol–water partition coefficient (Wildman–Crippen LogP) is 0.871. The molecule has 0 saturated heterocycles. The van der Waals surface area contributed by atoms with Crippen LogP contribution in [-0.4, -0.2) is 28.2 Å².